The molecular formula is C15H23FN2O2. The molecule has 0 aliphatic heterocycles. The third kappa shape index (κ3) is 5.27. The summed E-state index contributed by atoms with van der Waals surface area (Å²) in [5.74, 6) is -0.298. The van der Waals surface area contributed by atoms with Crippen LogP contribution in [0.1, 0.15) is 19.4 Å². The van der Waals surface area contributed by atoms with Gasteiger partial charge in [-0.05, 0) is 31.2 Å². The molecule has 1 N–H and O–H groups in total. The van der Waals surface area contributed by atoms with Crippen LogP contribution in [0.2, 0.25) is 0 Å². The van der Waals surface area contributed by atoms with Crippen molar-refractivity contribution in [3.8, 4) is 0 Å². The molecule has 1 aromatic carbocycles. The molecule has 0 bridgehead atoms. The normalized spacial score (nSPS) is 10.8. The Labute approximate surface area is 119 Å². The molecule has 1 aromatic rings. The Bertz CT molecular complexity index is 426. The van der Waals surface area contributed by atoms with E-state index in [9.17, 15) is 9.18 Å². The van der Waals surface area contributed by atoms with Crippen LogP contribution >= 0.6 is 0 Å². The largest absolute Gasteiger partial charge is 0.395 e. The van der Waals surface area contributed by atoms with Crippen LogP contribution in [0.4, 0.5) is 4.39 Å². The van der Waals surface area contributed by atoms with E-state index in [0.29, 0.717) is 26.2 Å². The lowest BCUT2D eigenvalue weighted by Crippen LogP contribution is -2.40. The molecule has 112 valence electrons. The van der Waals surface area contributed by atoms with Crippen molar-refractivity contribution in [3.63, 3.8) is 0 Å². The van der Waals surface area contributed by atoms with Gasteiger partial charge in [0, 0.05) is 19.6 Å². The smallest absolute Gasteiger partial charge is 0.237 e. The molecule has 0 aliphatic rings. The summed E-state index contributed by atoms with van der Waals surface area (Å²) in [5, 5.41) is 8.93. The number of hydrogen-bond acceptors (Lipinski definition) is 3. The molecule has 4 nitrogen and oxygen atoms in total. The van der Waals surface area contributed by atoms with E-state index in [0.717, 1.165) is 5.56 Å². The van der Waals surface area contributed by atoms with E-state index in [1.165, 1.54) is 12.1 Å². The number of halogens is 1. The van der Waals surface area contributed by atoms with E-state index in [-0.39, 0.29) is 24.9 Å². The molecular weight excluding hydrogens is 259 g/mol. The van der Waals surface area contributed by atoms with Gasteiger partial charge in [-0.25, -0.2) is 4.39 Å². The zero-order chi connectivity index (χ0) is 15.0. The molecule has 0 saturated carbocycles. The van der Waals surface area contributed by atoms with Gasteiger partial charge in [0.1, 0.15) is 5.82 Å². The van der Waals surface area contributed by atoms with Gasteiger partial charge in [-0.1, -0.05) is 19.1 Å². The summed E-state index contributed by atoms with van der Waals surface area (Å²) < 4.78 is 13.1. The quantitative estimate of drug-likeness (QED) is 0.785. The summed E-state index contributed by atoms with van der Waals surface area (Å²) in [7, 11) is 0. The fourth-order valence-corrected chi connectivity index (χ4v) is 2.01. The lowest BCUT2D eigenvalue weighted by atomic mass is 10.2. The predicted molar refractivity (Wildman–Crippen MR) is 76.7 cm³/mol. The second-order valence-electron chi connectivity index (χ2n) is 4.63. The second-order valence-corrected chi connectivity index (χ2v) is 4.63. The number of rotatable bonds is 8. The highest BCUT2D eigenvalue weighted by molar-refractivity contribution is 5.78. The van der Waals surface area contributed by atoms with Crippen molar-refractivity contribution in [2.75, 3.05) is 32.8 Å². The van der Waals surface area contributed by atoms with Crippen LogP contribution in [-0.2, 0) is 11.3 Å². The average molecular weight is 282 g/mol. The molecule has 0 saturated heterocycles. The maximum absolute atomic E-state index is 13.1. The van der Waals surface area contributed by atoms with Gasteiger partial charge in [0.15, 0.2) is 0 Å². The fourth-order valence-electron chi connectivity index (χ4n) is 2.01. The van der Waals surface area contributed by atoms with Gasteiger partial charge < -0.3 is 10.0 Å². The highest BCUT2D eigenvalue weighted by Gasteiger charge is 2.15. The van der Waals surface area contributed by atoms with Crippen molar-refractivity contribution < 1.29 is 14.3 Å². The Morgan fingerprint density at radius 2 is 2.05 bits per heavy atom. The Morgan fingerprint density at radius 1 is 1.30 bits per heavy atom. The molecule has 0 heterocycles. The van der Waals surface area contributed by atoms with Gasteiger partial charge >= 0.3 is 0 Å². The van der Waals surface area contributed by atoms with Crippen molar-refractivity contribution in [2.45, 2.75) is 20.4 Å². The number of likely N-dealkylation sites (N-methyl/N-ethyl adjacent to an activating group) is 2. The van der Waals surface area contributed by atoms with Gasteiger partial charge in [-0.3, -0.25) is 9.69 Å². The monoisotopic (exact) mass is 282 g/mol. The first-order chi connectivity index (χ1) is 9.60. The standard InChI is InChI=1S/C15H23FN2O2/c1-3-17(8-9-19)12-15(20)18(4-2)11-13-6-5-7-14(16)10-13/h5-7,10,19H,3-4,8-9,11-12H2,1-2H3. The van der Waals surface area contributed by atoms with Crippen molar-refractivity contribution in [1.29, 1.82) is 0 Å². The number of aliphatic hydroxyl groups excluding tert-OH is 1. The van der Waals surface area contributed by atoms with Crippen molar-refractivity contribution in [1.82, 2.24) is 9.80 Å². The summed E-state index contributed by atoms with van der Waals surface area (Å²) in [6, 6.07) is 6.29. The number of benzene rings is 1. The van der Waals surface area contributed by atoms with Crippen LogP contribution in [0.15, 0.2) is 24.3 Å². The topological polar surface area (TPSA) is 43.8 Å². The minimum Gasteiger partial charge on any atom is -0.395 e. The highest BCUT2D eigenvalue weighted by atomic mass is 19.1. The van der Waals surface area contributed by atoms with E-state index in [2.05, 4.69) is 0 Å². The van der Waals surface area contributed by atoms with Crippen molar-refractivity contribution in [3.05, 3.63) is 35.6 Å². The SMILES string of the molecule is CCN(CCO)CC(=O)N(CC)Cc1cccc(F)c1. The van der Waals surface area contributed by atoms with E-state index < -0.39 is 0 Å². The number of hydrogen-bond donors (Lipinski definition) is 1. The van der Waals surface area contributed by atoms with Crippen LogP contribution < -0.4 is 0 Å². The Balaban J connectivity index is 2.63. The number of carbonyl (C=O) groups is 1. The van der Waals surface area contributed by atoms with Crippen molar-refractivity contribution >= 4 is 5.91 Å². The molecule has 0 unspecified atom stereocenters. The predicted octanol–water partition coefficient (Wildman–Crippen LogP) is 1.49. The maximum atomic E-state index is 13.1. The van der Waals surface area contributed by atoms with Crippen LogP contribution in [0.5, 0.6) is 0 Å². The highest BCUT2D eigenvalue weighted by Crippen LogP contribution is 2.08. The van der Waals surface area contributed by atoms with E-state index >= 15 is 0 Å². The Hall–Kier alpha value is -1.46. The molecule has 5 heteroatoms. The molecule has 0 spiro atoms. The van der Waals surface area contributed by atoms with E-state index in [4.69, 9.17) is 5.11 Å². The molecule has 20 heavy (non-hydrogen) atoms. The molecule has 0 aromatic heterocycles. The van der Waals surface area contributed by atoms with Crippen molar-refractivity contribution in [2.24, 2.45) is 0 Å². The fraction of sp³-hybridized carbons (Fsp3) is 0.533. The number of aliphatic hydroxyl groups is 1. The number of nitrogens with zero attached hydrogens (tertiary/aromatic N) is 2. The van der Waals surface area contributed by atoms with Gasteiger partial charge in [0.25, 0.3) is 0 Å². The third-order valence-electron chi connectivity index (χ3n) is 3.22. The van der Waals surface area contributed by atoms with Crippen LogP contribution in [0.3, 0.4) is 0 Å². The maximum Gasteiger partial charge on any atom is 0.237 e. The third-order valence-corrected chi connectivity index (χ3v) is 3.22. The summed E-state index contributed by atoms with van der Waals surface area (Å²) >= 11 is 0. The lowest BCUT2D eigenvalue weighted by molar-refractivity contribution is -0.132. The molecule has 0 radical (unpaired) electrons. The molecule has 1 amide bonds. The number of amides is 1. The Morgan fingerprint density at radius 3 is 2.60 bits per heavy atom. The second kappa shape index (κ2) is 8.66. The Kier molecular flexibility index (Phi) is 7.18. The van der Waals surface area contributed by atoms with Crippen LogP contribution in [0.25, 0.3) is 0 Å². The first kappa shape index (κ1) is 16.6. The molecule has 0 aliphatic carbocycles. The van der Waals surface area contributed by atoms with E-state index in [1.54, 1.807) is 11.0 Å². The molecule has 0 fully saturated rings. The summed E-state index contributed by atoms with van der Waals surface area (Å²) in [5.41, 5.74) is 0.783. The van der Waals surface area contributed by atoms with Crippen LogP contribution in [0, 0.1) is 5.82 Å². The average Bonchev–Trinajstić information content (AvgIpc) is 2.44. The molecule has 1 rings (SSSR count). The van der Waals surface area contributed by atoms with Gasteiger partial charge in [-0.15, -0.1) is 0 Å². The zero-order valence-electron chi connectivity index (χ0n) is 12.2. The first-order valence-corrected chi connectivity index (χ1v) is 6.96. The lowest BCUT2D eigenvalue weighted by Gasteiger charge is -2.25. The summed E-state index contributed by atoms with van der Waals surface area (Å²) in [6.07, 6.45) is 0. The summed E-state index contributed by atoms with van der Waals surface area (Å²) in [4.78, 5) is 15.8. The van der Waals surface area contributed by atoms with Gasteiger partial charge in [0.2, 0.25) is 5.91 Å². The van der Waals surface area contributed by atoms with Gasteiger partial charge in [-0.2, -0.15) is 0 Å². The van der Waals surface area contributed by atoms with Crippen LogP contribution in [-0.4, -0.2) is 53.6 Å². The summed E-state index contributed by atoms with van der Waals surface area (Å²) in [6.45, 7) is 6.35. The minimum atomic E-state index is -0.290. The first-order valence-electron chi connectivity index (χ1n) is 6.96. The minimum absolute atomic E-state index is 0.00735. The van der Waals surface area contributed by atoms with Gasteiger partial charge in [0.05, 0.1) is 13.2 Å². The number of carbonyl (C=O) groups excluding carboxylic acids is 1. The van der Waals surface area contributed by atoms with E-state index in [1.807, 2.05) is 24.8 Å². The zero-order valence-corrected chi connectivity index (χ0v) is 12.2. The molecule has 0 atom stereocenters.